The number of hydrogen-bond donors (Lipinski definition) is 1. The molecule has 1 aliphatic heterocycles. The van der Waals surface area contributed by atoms with Gasteiger partial charge in [-0.05, 0) is 12.1 Å². The number of aliphatic hydroxyl groups is 1. The molecule has 1 amide bonds. The third kappa shape index (κ3) is 3.18. The van der Waals surface area contributed by atoms with Crippen molar-refractivity contribution in [2.24, 2.45) is 0 Å². The summed E-state index contributed by atoms with van der Waals surface area (Å²) in [7, 11) is 0. The number of carbonyl (C=O) groups is 1. The van der Waals surface area contributed by atoms with Gasteiger partial charge in [-0.25, -0.2) is 4.98 Å². The molecule has 1 aliphatic rings. The number of piperazine rings is 1. The molecule has 1 saturated heterocycles. The fourth-order valence-electron chi connectivity index (χ4n) is 2.58. The van der Waals surface area contributed by atoms with E-state index in [1.54, 1.807) is 4.90 Å². The van der Waals surface area contributed by atoms with Gasteiger partial charge in [-0.1, -0.05) is 11.6 Å². The van der Waals surface area contributed by atoms with Crippen molar-refractivity contribution in [1.29, 1.82) is 0 Å². The van der Waals surface area contributed by atoms with E-state index in [-0.39, 0.29) is 5.91 Å². The third-order valence-electron chi connectivity index (χ3n) is 3.71. The molecule has 112 valence electrons. The number of aromatic nitrogens is 2. The van der Waals surface area contributed by atoms with Crippen LogP contribution in [0.3, 0.4) is 0 Å². The minimum atomic E-state index is -0.410. The van der Waals surface area contributed by atoms with Gasteiger partial charge in [-0.2, -0.15) is 0 Å². The van der Waals surface area contributed by atoms with Crippen LogP contribution in [0.2, 0.25) is 5.02 Å². The van der Waals surface area contributed by atoms with Gasteiger partial charge in [-0.15, -0.1) is 0 Å². The lowest BCUT2D eigenvalue weighted by molar-refractivity contribution is -0.136. The van der Waals surface area contributed by atoms with E-state index in [0.717, 1.165) is 31.0 Å². The second-order valence-electron chi connectivity index (χ2n) is 5.16. The Bertz CT molecular complexity index is 649. The molecule has 0 spiro atoms. The lowest BCUT2D eigenvalue weighted by Crippen LogP contribution is -2.49. The molecule has 0 aromatic carbocycles. The summed E-state index contributed by atoms with van der Waals surface area (Å²) in [6.07, 6.45) is 3.82. The quantitative estimate of drug-likeness (QED) is 0.903. The molecule has 0 unspecified atom stereocenters. The van der Waals surface area contributed by atoms with Crippen molar-refractivity contribution in [2.75, 3.05) is 32.8 Å². The first-order valence-electron chi connectivity index (χ1n) is 6.90. The standard InChI is InChI=1S/C14H17ClN4O2/c15-11-1-2-13-16-12(9-19(13)7-11)8-17-3-5-18(6-4-17)14(21)10-20/h1-2,7,9,20H,3-6,8,10H2. The van der Waals surface area contributed by atoms with E-state index in [4.69, 9.17) is 16.7 Å². The summed E-state index contributed by atoms with van der Waals surface area (Å²) in [5, 5.41) is 9.55. The molecular formula is C14H17ClN4O2. The van der Waals surface area contributed by atoms with Crippen molar-refractivity contribution in [1.82, 2.24) is 19.2 Å². The highest BCUT2D eigenvalue weighted by Crippen LogP contribution is 2.13. The van der Waals surface area contributed by atoms with Gasteiger partial charge in [0.15, 0.2) is 0 Å². The maximum Gasteiger partial charge on any atom is 0.248 e. The zero-order chi connectivity index (χ0) is 14.8. The number of fused-ring (bicyclic) bond motifs is 1. The third-order valence-corrected chi connectivity index (χ3v) is 3.93. The molecule has 2 aromatic heterocycles. The Hall–Kier alpha value is -1.63. The van der Waals surface area contributed by atoms with Crippen LogP contribution in [0.1, 0.15) is 5.69 Å². The minimum absolute atomic E-state index is 0.197. The van der Waals surface area contributed by atoms with Gasteiger partial charge in [0, 0.05) is 45.1 Å². The van der Waals surface area contributed by atoms with E-state index in [1.165, 1.54) is 0 Å². The largest absolute Gasteiger partial charge is 0.387 e. The lowest BCUT2D eigenvalue weighted by atomic mass is 10.3. The summed E-state index contributed by atoms with van der Waals surface area (Å²) in [5.41, 5.74) is 1.86. The molecule has 6 nitrogen and oxygen atoms in total. The van der Waals surface area contributed by atoms with Crippen molar-refractivity contribution < 1.29 is 9.90 Å². The zero-order valence-electron chi connectivity index (χ0n) is 11.6. The predicted molar refractivity (Wildman–Crippen MR) is 79.1 cm³/mol. The summed E-state index contributed by atoms with van der Waals surface area (Å²) in [4.78, 5) is 19.9. The van der Waals surface area contributed by atoms with E-state index < -0.39 is 6.61 Å². The number of halogens is 1. The Balaban J connectivity index is 1.63. The molecule has 1 fully saturated rings. The number of amides is 1. The highest BCUT2D eigenvalue weighted by atomic mass is 35.5. The first-order valence-corrected chi connectivity index (χ1v) is 7.27. The topological polar surface area (TPSA) is 61.1 Å². The summed E-state index contributed by atoms with van der Waals surface area (Å²) in [6.45, 7) is 3.23. The molecule has 0 bridgehead atoms. The molecule has 0 radical (unpaired) electrons. The monoisotopic (exact) mass is 308 g/mol. The smallest absolute Gasteiger partial charge is 0.248 e. The van der Waals surface area contributed by atoms with Gasteiger partial charge in [0.25, 0.3) is 0 Å². The molecule has 3 heterocycles. The molecule has 0 saturated carbocycles. The number of imidazole rings is 1. The van der Waals surface area contributed by atoms with Gasteiger partial charge in [0.2, 0.25) is 5.91 Å². The van der Waals surface area contributed by atoms with Gasteiger partial charge in [0.05, 0.1) is 10.7 Å². The Morgan fingerprint density at radius 1 is 1.24 bits per heavy atom. The molecule has 21 heavy (non-hydrogen) atoms. The van der Waals surface area contributed by atoms with E-state index in [1.807, 2.05) is 28.9 Å². The normalized spacial score (nSPS) is 16.6. The van der Waals surface area contributed by atoms with Crippen LogP contribution in [0.25, 0.3) is 5.65 Å². The Kier molecular flexibility index (Phi) is 4.10. The van der Waals surface area contributed by atoms with Crippen molar-refractivity contribution >= 4 is 23.2 Å². The number of nitrogens with zero attached hydrogens (tertiary/aromatic N) is 4. The fraction of sp³-hybridized carbons (Fsp3) is 0.429. The first kappa shape index (κ1) is 14.3. The molecule has 2 aromatic rings. The van der Waals surface area contributed by atoms with E-state index in [0.29, 0.717) is 18.1 Å². The Labute approximate surface area is 127 Å². The molecular weight excluding hydrogens is 292 g/mol. The lowest BCUT2D eigenvalue weighted by Gasteiger charge is -2.34. The number of pyridine rings is 1. The van der Waals surface area contributed by atoms with Crippen LogP contribution in [-0.4, -0.2) is 63.0 Å². The summed E-state index contributed by atoms with van der Waals surface area (Å²) in [5.74, 6) is -0.197. The van der Waals surface area contributed by atoms with Crippen LogP contribution in [0.5, 0.6) is 0 Å². The van der Waals surface area contributed by atoms with Crippen molar-refractivity contribution in [2.45, 2.75) is 6.54 Å². The minimum Gasteiger partial charge on any atom is -0.387 e. The van der Waals surface area contributed by atoms with Crippen LogP contribution in [0, 0.1) is 0 Å². The van der Waals surface area contributed by atoms with Crippen LogP contribution in [0.4, 0.5) is 0 Å². The Morgan fingerprint density at radius 2 is 2.00 bits per heavy atom. The highest BCUT2D eigenvalue weighted by Gasteiger charge is 2.20. The van der Waals surface area contributed by atoms with Crippen molar-refractivity contribution in [3.63, 3.8) is 0 Å². The van der Waals surface area contributed by atoms with Crippen molar-refractivity contribution in [3.05, 3.63) is 35.2 Å². The number of hydrogen-bond acceptors (Lipinski definition) is 4. The molecule has 0 aliphatic carbocycles. The van der Waals surface area contributed by atoms with Gasteiger partial charge in [-0.3, -0.25) is 9.69 Å². The molecule has 1 N–H and O–H groups in total. The van der Waals surface area contributed by atoms with E-state index >= 15 is 0 Å². The summed E-state index contributed by atoms with van der Waals surface area (Å²) in [6, 6.07) is 3.72. The van der Waals surface area contributed by atoms with E-state index in [9.17, 15) is 4.79 Å². The number of aliphatic hydroxyl groups excluding tert-OH is 1. The van der Waals surface area contributed by atoms with Gasteiger partial charge in [0.1, 0.15) is 12.3 Å². The van der Waals surface area contributed by atoms with Crippen molar-refractivity contribution in [3.8, 4) is 0 Å². The number of rotatable bonds is 3. The Morgan fingerprint density at radius 3 is 2.71 bits per heavy atom. The van der Waals surface area contributed by atoms with Crippen LogP contribution in [0.15, 0.2) is 24.5 Å². The average Bonchev–Trinajstić information content (AvgIpc) is 2.88. The van der Waals surface area contributed by atoms with Crippen LogP contribution < -0.4 is 0 Å². The zero-order valence-corrected chi connectivity index (χ0v) is 12.3. The maximum absolute atomic E-state index is 11.4. The summed E-state index contributed by atoms with van der Waals surface area (Å²) < 4.78 is 1.92. The summed E-state index contributed by atoms with van der Waals surface area (Å²) >= 11 is 5.96. The van der Waals surface area contributed by atoms with Crippen LogP contribution in [-0.2, 0) is 11.3 Å². The predicted octanol–water partition coefficient (Wildman–Crippen LogP) is 0.624. The number of carbonyl (C=O) groups excluding carboxylic acids is 1. The maximum atomic E-state index is 11.4. The van der Waals surface area contributed by atoms with Gasteiger partial charge < -0.3 is 14.4 Å². The first-order chi connectivity index (χ1) is 10.2. The van der Waals surface area contributed by atoms with Gasteiger partial charge >= 0.3 is 0 Å². The SMILES string of the molecule is O=C(CO)N1CCN(Cc2cn3cc(Cl)ccc3n2)CC1. The van der Waals surface area contributed by atoms with E-state index in [2.05, 4.69) is 9.88 Å². The molecule has 7 heteroatoms. The second-order valence-corrected chi connectivity index (χ2v) is 5.60. The van der Waals surface area contributed by atoms with Crippen LogP contribution >= 0.6 is 11.6 Å². The molecule has 3 rings (SSSR count). The average molecular weight is 309 g/mol. The second kappa shape index (κ2) is 6.01. The highest BCUT2D eigenvalue weighted by molar-refractivity contribution is 6.30. The fourth-order valence-corrected chi connectivity index (χ4v) is 2.75. The molecule has 0 atom stereocenters.